The molecule has 2 N–H and O–H groups in total. The number of anilines is 2. The number of nitrogens with one attached hydrogen (secondary N) is 2. The minimum absolute atomic E-state index is 0.0337. The van der Waals surface area contributed by atoms with E-state index in [9.17, 15) is 18.0 Å². The highest BCUT2D eigenvalue weighted by atomic mass is 19.4. The molecule has 0 bridgehead atoms. The van der Waals surface area contributed by atoms with Crippen molar-refractivity contribution in [3.63, 3.8) is 0 Å². The van der Waals surface area contributed by atoms with E-state index < -0.39 is 17.8 Å². The first-order valence-corrected chi connectivity index (χ1v) is 8.11. The van der Waals surface area contributed by atoms with Crippen LogP contribution in [0.4, 0.5) is 29.3 Å². The Hall–Kier alpha value is -3.62. The number of hydrogen-bond donors (Lipinski definition) is 2. The molecule has 0 spiro atoms. The van der Waals surface area contributed by atoms with Crippen molar-refractivity contribution in [2.24, 2.45) is 0 Å². The number of carbonyl (C=O) groups is 1. The zero-order valence-corrected chi connectivity index (χ0v) is 14.6. The van der Waals surface area contributed by atoms with Crippen molar-refractivity contribution in [3.05, 3.63) is 72.2 Å². The van der Waals surface area contributed by atoms with Gasteiger partial charge in [-0.15, -0.1) is 0 Å². The van der Waals surface area contributed by atoms with Crippen LogP contribution in [0.3, 0.4) is 0 Å². The third-order valence-corrected chi connectivity index (χ3v) is 3.56. The fourth-order valence-electron chi connectivity index (χ4n) is 2.28. The Bertz CT molecular complexity index is 975. The smallest absolute Gasteiger partial charge is 0.416 e. The van der Waals surface area contributed by atoms with Crippen molar-refractivity contribution in [1.82, 2.24) is 9.97 Å². The van der Waals surface area contributed by atoms with Gasteiger partial charge in [0.1, 0.15) is 12.1 Å². The second-order valence-corrected chi connectivity index (χ2v) is 5.78. The number of amides is 2. The molecule has 1 heterocycles. The zero-order valence-electron chi connectivity index (χ0n) is 14.6. The normalized spacial score (nSPS) is 11.0. The Kier molecular flexibility index (Phi) is 5.44. The van der Waals surface area contributed by atoms with Gasteiger partial charge in [0.05, 0.1) is 5.56 Å². The van der Waals surface area contributed by atoms with Crippen LogP contribution in [0.1, 0.15) is 11.3 Å². The van der Waals surface area contributed by atoms with E-state index in [-0.39, 0.29) is 5.69 Å². The Balaban J connectivity index is 1.60. The quantitative estimate of drug-likeness (QED) is 0.641. The maximum absolute atomic E-state index is 12.7. The highest BCUT2D eigenvalue weighted by molar-refractivity contribution is 5.99. The van der Waals surface area contributed by atoms with Crippen molar-refractivity contribution >= 4 is 17.4 Å². The van der Waals surface area contributed by atoms with Gasteiger partial charge >= 0.3 is 12.2 Å². The van der Waals surface area contributed by atoms with E-state index in [1.807, 2.05) is 6.92 Å². The summed E-state index contributed by atoms with van der Waals surface area (Å²) in [5.74, 6) is 0.887. The lowest BCUT2D eigenvalue weighted by atomic mass is 10.2. The highest BCUT2D eigenvalue weighted by Crippen LogP contribution is 2.30. The zero-order chi connectivity index (χ0) is 20.1. The van der Waals surface area contributed by atoms with Crippen LogP contribution in [0.15, 0.2) is 60.9 Å². The van der Waals surface area contributed by atoms with E-state index in [2.05, 4.69) is 20.6 Å². The summed E-state index contributed by atoms with van der Waals surface area (Å²) < 4.78 is 43.7. The van der Waals surface area contributed by atoms with E-state index in [1.54, 1.807) is 30.3 Å². The number of alkyl halides is 3. The van der Waals surface area contributed by atoms with Gasteiger partial charge in [-0.25, -0.2) is 14.8 Å². The molecule has 0 aliphatic rings. The van der Waals surface area contributed by atoms with Crippen LogP contribution in [0.25, 0.3) is 0 Å². The van der Waals surface area contributed by atoms with Gasteiger partial charge in [-0.3, -0.25) is 0 Å². The third kappa shape index (κ3) is 5.19. The number of halogens is 3. The maximum atomic E-state index is 12.7. The molecule has 0 saturated carbocycles. The number of hydrogen-bond acceptors (Lipinski definition) is 4. The van der Waals surface area contributed by atoms with Crippen molar-refractivity contribution in [2.75, 3.05) is 10.6 Å². The summed E-state index contributed by atoms with van der Waals surface area (Å²) in [6.45, 7) is 1.81. The number of benzene rings is 2. The summed E-state index contributed by atoms with van der Waals surface area (Å²) in [6, 6.07) is 11.8. The van der Waals surface area contributed by atoms with E-state index >= 15 is 0 Å². The predicted octanol–water partition coefficient (Wildman–Crippen LogP) is 5.24. The number of rotatable bonds is 4. The molecule has 144 valence electrons. The molecule has 0 radical (unpaired) electrons. The molecule has 0 atom stereocenters. The van der Waals surface area contributed by atoms with Crippen LogP contribution in [-0.4, -0.2) is 16.0 Å². The van der Waals surface area contributed by atoms with E-state index in [0.29, 0.717) is 17.3 Å². The molecule has 6 nitrogen and oxygen atoms in total. The topological polar surface area (TPSA) is 76.1 Å². The first-order valence-electron chi connectivity index (χ1n) is 8.11. The van der Waals surface area contributed by atoms with Gasteiger partial charge in [-0.1, -0.05) is 6.07 Å². The molecule has 3 rings (SSSR count). The fraction of sp³-hybridized carbons (Fsp3) is 0.105. The molecule has 0 saturated heterocycles. The summed E-state index contributed by atoms with van der Waals surface area (Å²) >= 11 is 0. The second-order valence-electron chi connectivity index (χ2n) is 5.78. The van der Waals surface area contributed by atoms with Crippen molar-refractivity contribution in [3.8, 4) is 11.6 Å². The summed E-state index contributed by atoms with van der Waals surface area (Å²) in [7, 11) is 0. The Morgan fingerprint density at radius 2 is 1.68 bits per heavy atom. The molecule has 2 aromatic carbocycles. The lowest BCUT2D eigenvalue weighted by Gasteiger charge is -2.11. The highest BCUT2D eigenvalue weighted by Gasteiger charge is 2.30. The average molecular weight is 388 g/mol. The Morgan fingerprint density at radius 3 is 2.36 bits per heavy atom. The minimum atomic E-state index is -4.48. The van der Waals surface area contributed by atoms with E-state index in [0.717, 1.165) is 17.8 Å². The number of aromatic nitrogens is 2. The van der Waals surface area contributed by atoms with Gasteiger partial charge < -0.3 is 15.4 Å². The van der Waals surface area contributed by atoms with Crippen molar-refractivity contribution < 1.29 is 22.7 Å². The van der Waals surface area contributed by atoms with Crippen LogP contribution in [0, 0.1) is 6.92 Å². The van der Waals surface area contributed by atoms with Gasteiger partial charge in [-0.05, 0) is 49.4 Å². The largest absolute Gasteiger partial charge is 0.439 e. The Morgan fingerprint density at radius 1 is 0.964 bits per heavy atom. The molecule has 0 unspecified atom stereocenters. The summed E-state index contributed by atoms with van der Waals surface area (Å²) in [4.78, 5) is 20.0. The molecule has 0 aliphatic carbocycles. The molecular weight excluding hydrogens is 373 g/mol. The third-order valence-electron chi connectivity index (χ3n) is 3.56. The average Bonchev–Trinajstić information content (AvgIpc) is 2.63. The van der Waals surface area contributed by atoms with Gasteiger partial charge in [-0.2, -0.15) is 13.2 Å². The molecule has 3 aromatic rings. The first kappa shape index (κ1) is 19.2. The number of aryl methyl sites for hydroxylation is 1. The lowest BCUT2D eigenvalue weighted by molar-refractivity contribution is -0.137. The Labute approximate surface area is 158 Å². The van der Waals surface area contributed by atoms with Gasteiger partial charge in [0.15, 0.2) is 0 Å². The van der Waals surface area contributed by atoms with Gasteiger partial charge in [0.2, 0.25) is 5.88 Å². The van der Waals surface area contributed by atoms with E-state index in [1.165, 1.54) is 18.5 Å². The van der Waals surface area contributed by atoms with Crippen LogP contribution >= 0.6 is 0 Å². The minimum Gasteiger partial charge on any atom is -0.439 e. The van der Waals surface area contributed by atoms with E-state index in [4.69, 9.17) is 4.74 Å². The van der Waals surface area contributed by atoms with Crippen molar-refractivity contribution in [2.45, 2.75) is 13.1 Å². The van der Waals surface area contributed by atoms with Crippen LogP contribution in [-0.2, 0) is 6.18 Å². The standard InChI is InChI=1S/C19H15F3N4O2/c1-12-9-17(24-11-23-12)28-16-7-5-14(6-8-16)25-18(27)26-15-4-2-3-13(10-15)19(20,21)22/h2-11H,1H3,(H2,25,26,27). The monoisotopic (exact) mass is 388 g/mol. The summed E-state index contributed by atoms with van der Waals surface area (Å²) in [5.41, 5.74) is 0.392. The second kappa shape index (κ2) is 7.95. The molecule has 28 heavy (non-hydrogen) atoms. The van der Waals surface area contributed by atoms with Gasteiger partial charge in [0, 0.05) is 23.1 Å². The number of urea groups is 1. The van der Waals surface area contributed by atoms with Crippen LogP contribution in [0.2, 0.25) is 0 Å². The van der Waals surface area contributed by atoms with Crippen LogP contribution < -0.4 is 15.4 Å². The van der Waals surface area contributed by atoms with Crippen molar-refractivity contribution in [1.29, 1.82) is 0 Å². The molecule has 0 fully saturated rings. The maximum Gasteiger partial charge on any atom is 0.416 e. The number of ether oxygens (including phenoxy) is 1. The summed E-state index contributed by atoms with van der Waals surface area (Å²) in [6.07, 6.45) is -3.09. The van der Waals surface area contributed by atoms with Gasteiger partial charge in [0.25, 0.3) is 0 Å². The summed E-state index contributed by atoms with van der Waals surface area (Å²) in [5, 5.41) is 4.90. The molecule has 1 aromatic heterocycles. The molecule has 2 amide bonds. The van der Waals surface area contributed by atoms with Crippen LogP contribution in [0.5, 0.6) is 11.6 Å². The predicted molar refractivity (Wildman–Crippen MR) is 97.4 cm³/mol. The molecule has 0 aliphatic heterocycles. The molecular formula is C19H15F3N4O2. The fourth-order valence-corrected chi connectivity index (χ4v) is 2.28. The number of carbonyl (C=O) groups excluding carboxylic acids is 1. The molecule has 9 heteroatoms. The first-order chi connectivity index (χ1) is 13.3. The lowest BCUT2D eigenvalue weighted by Crippen LogP contribution is -2.19. The number of nitrogens with zero attached hydrogens (tertiary/aromatic N) is 2. The SMILES string of the molecule is Cc1cc(Oc2ccc(NC(=O)Nc3cccc(C(F)(F)F)c3)cc2)ncn1.